The van der Waals surface area contributed by atoms with Crippen molar-refractivity contribution in [3.63, 3.8) is 0 Å². The van der Waals surface area contributed by atoms with Crippen LogP contribution in [-0.4, -0.2) is 29.5 Å². The van der Waals surface area contributed by atoms with Crippen molar-refractivity contribution in [3.05, 3.63) is 48.7 Å². The van der Waals surface area contributed by atoms with Gasteiger partial charge in [-0.2, -0.15) is 0 Å². The van der Waals surface area contributed by atoms with Crippen molar-refractivity contribution >= 4 is 5.69 Å². The van der Waals surface area contributed by atoms with Crippen LogP contribution in [0.3, 0.4) is 0 Å². The van der Waals surface area contributed by atoms with Gasteiger partial charge in [-0.25, -0.2) is 0 Å². The van der Waals surface area contributed by atoms with Crippen LogP contribution < -0.4 is 9.64 Å². The second kappa shape index (κ2) is 5.92. The summed E-state index contributed by atoms with van der Waals surface area (Å²) in [5, 5.41) is 23.6. The summed E-state index contributed by atoms with van der Waals surface area (Å²) in [6, 6.07) is 11.7. The maximum Gasteiger partial charge on any atom is 0.144 e. The molecule has 3 aromatic rings. The van der Waals surface area contributed by atoms with E-state index in [4.69, 9.17) is 9.26 Å². The van der Waals surface area contributed by atoms with Crippen LogP contribution in [0.15, 0.2) is 53.3 Å². The predicted octanol–water partition coefficient (Wildman–Crippen LogP) is 3.61. The minimum absolute atomic E-state index is 0.102. The molecule has 0 saturated heterocycles. The fourth-order valence-corrected chi connectivity index (χ4v) is 2.21. The number of aromatic nitrogens is 1. The van der Waals surface area contributed by atoms with Crippen LogP contribution in [0.4, 0.5) is 5.69 Å². The number of rotatable bonds is 4. The summed E-state index contributed by atoms with van der Waals surface area (Å²) in [4.78, 5) is 1.98. The Morgan fingerprint density at radius 3 is 2.39 bits per heavy atom. The molecule has 0 spiro atoms. The molecule has 0 radical (unpaired) electrons. The standard InChI is InChI=1S/C17H16N2O4/c1-19(2)11-3-5-13(6-4-11)23-16-10-12(20)9-15(21)17(16)14-7-8-22-18-14/h3-10,20-21H,1-2H3. The summed E-state index contributed by atoms with van der Waals surface area (Å²) in [6.45, 7) is 0. The van der Waals surface area contributed by atoms with Crippen molar-refractivity contribution in [3.8, 4) is 34.3 Å². The van der Waals surface area contributed by atoms with Crippen molar-refractivity contribution in [2.75, 3.05) is 19.0 Å². The molecule has 0 bridgehead atoms. The number of hydrogen-bond donors (Lipinski definition) is 2. The van der Waals surface area contributed by atoms with Gasteiger partial charge in [0.05, 0.1) is 5.56 Å². The van der Waals surface area contributed by atoms with Gasteiger partial charge in [-0.3, -0.25) is 0 Å². The zero-order chi connectivity index (χ0) is 16.4. The number of phenols is 2. The molecule has 118 valence electrons. The van der Waals surface area contributed by atoms with Gasteiger partial charge in [0.25, 0.3) is 0 Å². The highest BCUT2D eigenvalue weighted by Gasteiger charge is 2.17. The van der Waals surface area contributed by atoms with Gasteiger partial charge in [0.2, 0.25) is 0 Å². The Labute approximate surface area is 133 Å². The smallest absolute Gasteiger partial charge is 0.144 e. The molecule has 0 aliphatic heterocycles. The topological polar surface area (TPSA) is 79.0 Å². The van der Waals surface area contributed by atoms with Crippen molar-refractivity contribution in [2.24, 2.45) is 0 Å². The average molecular weight is 312 g/mol. The van der Waals surface area contributed by atoms with Crippen LogP contribution >= 0.6 is 0 Å². The minimum Gasteiger partial charge on any atom is -0.508 e. The zero-order valence-corrected chi connectivity index (χ0v) is 12.7. The van der Waals surface area contributed by atoms with E-state index in [0.29, 0.717) is 17.0 Å². The Morgan fingerprint density at radius 2 is 1.78 bits per heavy atom. The quantitative estimate of drug-likeness (QED) is 0.766. The Morgan fingerprint density at radius 1 is 1.04 bits per heavy atom. The van der Waals surface area contributed by atoms with Gasteiger partial charge in [0.15, 0.2) is 0 Å². The molecule has 1 aromatic heterocycles. The molecule has 0 saturated carbocycles. The molecule has 2 aromatic carbocycles. The molecule has 0 unspecified atom stereocenters. The van der Waals surface area contributed by atoms with Gasteiger partial charge in [0.1, 0.15) is 35.0 Å². The first-order valence-corrected chi connectivity index (χ1v) is 6.96. The van der Waals surface area contributed by atoms with E-state index in [-0.39, 0.29) is 17.2 Å². The number of hydrogen-bond acceptors (Lipinski definition) is 6. The zero-order valence-electron chi connectivity index (χ0n) is 12.7. The first-order valence-electron chi connectivity index (χ1n) is 6.96. The van der Waals surface area contributed by atoms with E-state index in [2.05, 4.69) is 5.16 Å². The largest absolute Gasteiger partial charge is 0.508 e. The van der Waals surface area contributed by atoms with Gasteiger partial charge in [-0.05, 0) is 24.3 Å². The summed E-state index contributed by atoms with van der Waals surface area (Å²) in [5.74, 6) is 0.618. The van der Waals surface area contributed by atoms with E-state index in [9.17, 15) is 10.2 Å². The van der Waals surface area contributed by atoms with Gasteiger partial charge >= 0.3 is 0 Å². The molecular formula is C17H16N2O4. The monoisotopic (exact) mass is 312 g/mol. The lowest BCUT2D eigenvalue weighted by atomic mass is 10.1. The van der Waals surface area contributed by atoms with E-state index in [1.54, 1.807) is 6.07 Å². The van der Waals surface area contributed by atoms with E-state index in [0.717, 1.165) is 5.69 Å². The van der Waals surface area contributed by atoms with E-state index >= 15 is 0 Å². The Bertz CT molecular complexity index is 796. The van der Waals surface area contributed by atoms with Crippen LogP contribution in [0.1, 0.15) is 0 Å². The molecule has 0 atom stereocenters. The van der Waals surface area contributed by atoms with Crippen LogP contribution in [0.2, 0.25) is 0 Å². The maximum atomic E-state index is 10.1. The number of nitrogens with zero attached hydrogens (tertiary/aromatic N) is 2. The minimum atomic E-state index is -0.140. The predicted molar refractivity (Wildman–Crippen MR) is 86.1 cm³/mol. The Hall–Kier alpha value is -3.15. The van der Waals surface area contributed by atoms with Gasteiger partial charge in [-0.1, -0.05) is 5.16 Å². The fraction of sp³-hybridized carbons (Fsp3) is 0.118. The van der Waals surface area contributed by atoms with Crippen molar-refractivity contribution in [1.29, 1.82) is 0 Å². The molecule has 0 aliphatic carbocycles. The lowest BCUT2D eigenvalue weighted by molar-refractivity contribution is 0.417. The maximum absolute atomic E-state index is 10.1. The SMILES string of the molecule is CN(C)c1ccc(Oc2cc(O)cc(O)c2-c2ccon2)cc1. The molecule has 0 amide bonds. The Kier molecular flexibility index (Phi) is 3.80. The highest BCUT2D eigenvalue weighted by Crippen LogP contribution is 2.42. The van der Waals surface area contributed by atoms with Crippen molar-refractivity contribution in [2.45, 2.75) is 0 Å². The first kappa shape index (κ1) is 14.8. The van der Waals surface area contributed by atoms with Crippen molar-refractivity contribution in [1.82, 2.24) is 5.16 Å². The van der Waals surface area contributed by atoms with Gasteiger partial charge < -0.3 is 24.4 Å². The van der Waals surface area contributed by atoms with Crippen LogP contribution in [0.5, 0.6) is 23.0 Å². The average Bonchev–Trinajstić information content (AvgIpc) is 3.01. The summed E-state index contributed by atoms with van der Waals surface area (Å²) in [6.07, 6.45) is 1.40. The molecule has 23 heavy (non-hydrogen) atoms. The van der Waals surface area contributed by atoms with Crippen LogP contribution in [0, 0.1) is 0 Å². The first-order chi connectivity index (χ1) is 11.0. The Balaban J connectivity index is 1.99. The highest BCUT2D eigenvalue weighted by atomic mass is 16.5. The molecule has 0 fully saturated rings. The van der Waals surface area contributed by atoms with Crippen molar-refractivity contribution < 1.29 is 19.5 Å². The second-order valence-electron chi connectivity index (χ2n) is 5.21. The summed E-state index contributed by atoms with van der Waals surface area (Å²) in [5.41, 5.74) is 1.81. The van der Waals surface area contributed by atoms with E-state index in [1.165, 1.54) is 18.4 Å². The third-order valence-electron chi connectivity index (χ3n) is 3.34. The number of aromatic hydroxyl groups is 2. The lowest BCUT2D eigenvalue weighted by Gasteiger charge is -2.14. The van der Waals surface area contributed by atoms with Crippen LogP contribution in [0.25, 0.3) is 11.3 Å². The van der Waals surface area contributed by atoms with E-state index in [1.807, 2.05) is 43.3 Å². The molecule has 6 heteroatoms. The molecule has 2 N–H and O–H groups in total. The number of phenolic OH excluding ortho intramolecular Hbond substituents is 2. The molecule has 3 rings (SSSR count). The lowest BCUT2D eigenvalue weighted by Crippen LogP contribution is -2.07. The second-order valence-corrected chi connectivity index (χ2v) is 5.21. The molecule has 6 nitrogen and oxygen atoms in total. The van der Waals surface area contributed by atoms with E-state index < -0.39 is 0 Å². The summed E-state index contributed by atoms with van der Waals surface area (Å²) >= 11 is 0. The summed E-state index contributed by atoms with van der Waals surface area (Å²) in [7, 11) is 3.90. The third kappa shape index (κ3) is 3.06. The summed E-state index contributed by atoms with van der Waals surface area (Å²) < 4.78 is 10.6. The molecular weight excluding hydrogens is 296 g/mol. The number of ether oxygens (including phenoxy) is 1. The normalized spacial score (nSPS) is 10.5. The number of benzene rings is 2. The third-order valence-corrected chi connectivity index (χ3v) is 3.34. The van der Waals surface area contributed by atoms with Gasteiger partial charge in [0, 0.05) is 38.0 Å². The fourth-order valence-electron chi connectivity index (χ4n) is 2.21. The number of anilines is 1. The molecule has 1 heterocycles. The highest BCUT2D eigenvalue weighted by molar-refractivity contribution is 5.75. The van der Waals surface area contributed by atoms with Crippen LogP contribution in [-0.2, 0) is 0 Å². The van der Waals surface area contributed by atoms with Gasteiger partial charge in [-0.15, -0.1) is 0 Å². The molecule has 0 aliphatic rings.